The zero-order chi connectivity index (χ0) is 13.5. The van der Waals surface area contributed by atoms with Crippen LogP contribution in [0.4, 0.5) is 0 Å². The number of nitrogens with one attached hydrogen (secondary N) is 1. The van der Waals surface area contributed by atoms with E-state index in [-0.39, 0.29) is 6.42 Å². The maximum atomic E-state index is 10.2. The second-order valence-corrected chi connectivity index (χ2v) is 4.76. The topological polar surface area (TPSA) is 49.3 Å². The fourth-order valence-corrected chi connectivity index (χ4v) is 1.83. The zero-order valence-electron chi connectivity index (χ0n) is 11.8. The number of carbonyl (C=O) groups is 1. The van der Waals surface area contributed by atoms with Crippen LogP contribution in [0.2, 0.25) is 0 Å². The minimum atomic E-state index is -0.751. The van der Waals surface area contributed by atoms with Gasteiger partial charge in [0, 0.05) is 6.54 Å². The monoisotopic (exact) mass is 255 g/mol. The molecule has 3 heteroatoms. The van der Waals surface area contributed by atoms with Crippen molar-refractivity contribution < 1.29 is 9.90 Å². The van der Waals surface area contributed by atoms with Crippen LogP contribution >= 0.6 is 0 Å². The first-order chi connectivity index (χ1) is 8.77. The quantitative estimate of drug-likeness (QED) is 0.487. The lowest BCUT2D eigenvalue weighted by atomic mass is 10.1. The third-order valence-corrected chi connectivity index (χ3v) is 2.94. The molecule has 0 saturated heterocycles. The van der Waals surface area contributed by atoms with E-state index in [0.717, 1.165) is 6.42 Å². The summed E-state index contributed by atoms with van der Waals surface area (Å²) in [5.74, 6) is -0.751. The lowest BCUT2D eigenvalue weighted by Gasteiger charge is -2.00. The van der Waals surface area contributed by atoms with E-state index in [4.69, 9.17) is 5.11 Å². The van der Waals surface area contributed by atoms with Gasteiger partial charge in [-0.3, -0.25) is 4.79 Å². The van der Waals surface area contributed by atoms with Crippen LogP contribution in [0.5, 0.6) is 0 Å². The van der Waals surface area contributed by atoms with Gasteiger partial charge in [-0.15, -0.1) is 0 Å². The van der Waals surface area contributed by atoms with Crippen LogP contribution in [0, 0.1) is 0 Å². The molecule has 0 aliphatic carbocycles. The molecule has 0 amide bonds. The van der Waals surface area contributed by atoms with E-state index < -0.39 is 5.97 Å². The van der Waals surface area contributed by atoms with Gasteiger partial charge in [-0.25, -0.2) is 0 Å². The largest absolute Gasteiger partial charge is 0.481 e. The SMILES string of the molecule is CCCCCCCCCCC=CNCCC(=O)O. The number of aliphatic carboxylic acids is 1. The highest BCUT2D eigenvalue weighted by Crippen LogP contribution is 2.09. The Balaban J connectivity index is 3.06. The van der Waals surface area contributed by atoms with E-state index in [1.807, 2.05) is 6.20 Å². The van der Waals surface area contributed by atoms with Crippen molar-refractivity contribution in [3.05, 3.63) is 12.3 Å². The summed E-state index contributed by atoms with van der Waals surface area (Å²) in [4.78, 5) is 10.2. The molecule has 18 heavy (non-hydrogen) atoms. The Bertz CT molecular complexity index is 215. The van der Waals surface area contributed by atoms with Crippen molar-refractivity contribution in [2.24, 2.45) is 0 Å². The van der Waals surface area contributed by atoms with Crippen molar-refractivity contribution in [2.75, 3.05) is 6.54 Å². The van der Waals surface area contributed by atoms with Crippen LogP contribution in [0.1, 0.15) is 71.1 Å². The third kappa shape index (κ3) is 15.0. The number of carboxylic acid groups (broad SMARTS) is 1. The van der Waals surface area contributed by atoms with Gasteiger partial charge in [-0.05, 0) is 19.0 Å². The summed E-state index contributed by atoms with van der Waals surface area (Å²) < 4.78 is 0. The summed E-state index contributed by atoms with van der Waals surface area (Å²) in [5.41, 5.74) is 0. The number of hydrogen-bond acceptors (Lipinski definition) is 2. The summed E-state index contributed by atoms with van der Waals surface area (Å²) in [7, 11) is 0. The fraction of sp³-hybridized carbons (Fsp3) is 0.800. The predicted molar refractivity (Wildman–Crippen MR) is 76.6 cm³/mol. The Labute approximate surface area is 112 Å². The Morgan fingerprint density at radius 2 is 1.67 bits per heavy atom. The Morgan fingerprint density at radius 1 is 1.06 bits per heavy atom. The highest BCUT2D eigenvalue weighted by atomic mass is 16.4. The number of hydrogen-bond donors (Lipinski definition) is 2. The lowest BCUT2D eigenvalue weighted by Crippen LogP contribution is -2.11. The Morgan fingerprint density at radius 3 is 2.28 bits per heavy atom. The summed E-state index contributed by atoms with van der Waals surface area (Å²) in [6, 6.07) is 0. The molecule has 0 unspecified atom stereocenters. The average molecular weight is 255 g/mol. The summed E-state index contributed by atoms with van der Waals surface area (Å²) >= 11 is 0. The minimum absolute atomic E-state index is 0.183. The number of allylic oxidation sites excluding steroid dienone is 1. The molecular formula is C15H29NO2. The van der Waals surface area contributed by atoms with Gasteiger partial charge < -0.3 is 10.4 Å². The van der Waals surface area contributed by atoms with Crippen molar-refractivity contribution >= 4 is 5.97 Å². The van der Waals surface area contributed by atoms with Gasteiger partial charge in [0.05, 0.1) is 6.42 Å². The van der Waals surface area contributed by atoms with Crippen molar-refractivity contribution in [3.8, 4) is 0 Å². The molecule has 0 rings (SSSR count). The van der Waals surface area contributed by atoms with Gasteiger partial charge in [0.15, 0.2) is 0 Å². The molecule has 0 spiro atoms. The molecule has 0 aromatic heterocycles. The maximum absolute atomic E-state index is 10.2. The molecule has 3 nitrogen and oxygen atoms in total. The van der Waals surface area contributed by atoms with Gasteiger partial charge in [-0.2, -0.15) is 0 Å². The number of carboxylic acids is 1. The molecule has 0 aliphatic rings. The molecule has 0 aromatic carbocycles. The molecule has 0 heterocycles. The molecule has 2 N–H and O–H groups in total. The number of unbranched alkanes of at least 4 members (excludes halogenated alkanes) is 8. The predicted octanol–water partition coefficient (Wildman–Crippen LogP) is 4.10. The van der Waals surface area contributed by atoms with Crippen LogP contribution in [-0.2, 0) is 4.79 Å². The molecule has 0 aromatic rings. The molecular weight excluding hydrogens is 226 g/mol. The van der Waals surface area contributed by atoms with Gasteiger partial charge in [0.1, 0.15) is 0 Å². The first-order valence-electron chi connectivity index (χ1n) is 7.37. The number of rotatable bonds is 13. The maximum Gasteiger partial charge on any atom is 0.305 e. The van der Waals surface area contributed by atoms with Crippen molar-refractivity contribution in [2.45, 2.75) is 71.1 Å². The normalized spacial score (nSPS) is 10.9. The highest BCUT2D eigenvalue weighted by molar-refractivity contribution is 5.66. The van der Waals surface area contributed by atoms with Crippen LogP contribution in [0.15, 0.2) is 12.3 Å². The molecule has 0 atom stereocenters. The van der Waals surface area contributed by atoms with Crippen molar-refractivity contribution in [1.29, 1.82) is 0 Å². The minimum Gasteiger partial charge on any atom is -0.481 e. The van der Waals surface area contributed by atoms with E-state index in [1.165, 1.54) is 51.4 Å². The van der Waals surface area contributed by atoms with Crippen LogP contribution < -0.4 is 5.32 Å². The standard InChI is InChI=1S/C15H29NO2/c1-2-3-4-5-6-7-8-9-10-11-13-16-14-12-15(17)18/h11,13,16H,2-10,12,14H2,1H3,(H,17,18). The fourth-order valence-electron chi connectivity index (χ4n) is 1.83. The van der Waals surface area contributed by atoms with Gasteiger partial charge in [0.2, 0.25) is 0 Å². The molecule has 0 aliphatic heterocycles. The van der Waals surface area contributed by atoms with Crippen molar-refractivity contribution in [3.63, 3.8) is 0 Å². The molecule has 0 fully saturated rings. The Kier molecular flexibility index (Phi) is 13.3. The van der Waals surface area contributed by atoms with Crippen LogP contribution in [0.3, 0.4) is 0 Å². The second kappa shape index (κ2) is 14.1. The third-order valence-electron chi connectivity index (χ3n) is 2.94. The van der Waals surface area contributed by atoms with E-state index in [0.29, 0.717) is 6.54 Å². The highest BCUT2D eigenvalue weighted by Gasteiger charge is 1.92. The summed E-state index contributed by atoms with van der Waals surface area (Å²) in [6.07, 6.45) is 16.0. The van der Waals surface area contributed by atoms with Gasteiger partial charge >= 0.3 is 5.97 Å². The van der Waals surface area contributed by atoms with E-state index in [1.54, 1.807) is 0 Å². The van der Waals surface area contributed by atoms with E-state index in [2.05, 4.69) is 18.3 Å². The van der Waals surface area contributed by atoms with Gasteiger partial charge in [-0.1, -0.05) is 57.9 Å². The smallest absolute Gasteiger partial charge is 0.305 e. The first-order valence-corrected chi connectivity index (χ1v) is 7.37. The van der Waals surface area contributed by atoms with E-state index in [9.17, 15) is 4.79 Å². The average Bonchev–Trinajstić information content (AvgIpc) is 2.34. The van der Waals surface area contributed by atoms with Crippen molar-refractivity contribution in [1.82, 2.24) is 5.32 Å². The zero-order valence-corrected chi connectivity index (χ0v) is 11.8. The Hall–Kier alpha value is -0.990. The first kappa shape index (κ1) is 17.0. The second-order valence-electron chi connectivity index (χ2n) is 4.76. The van der Waals surface area contributed by atoms with Gasteiger partial charge in [0.25, 0.3) is 0 Å². The molecule has 106 valence electrons. The molecule has 0 bridgehead atoms. The van der Waals surface area contributed by atoms with Crippen LogP contribution in [-0.4, -0.2) is 17.6 Å². The summed E-state index contributed by atoms with van der Waals surface area (Å²) in [6.45, 7) is 2.76. The lowest BCUT2D eigenvalue weighted by molar-refractivity contribution is -0.136. The molecule has 0 saturated carbocycles. The van der Waals surface area contributed by atoms with E-state index >= 15 is 0 Å². The summed E-state index contributed by atoms with van der Waals surface area (Å²) in [5, 5.41) is 11.4. The van der Waals surface area contributed by atoms with Crippen LogP contribution in [0.25, 0.3) is 0 Å². The molecule has 0 radical (unpaired) electrons.